The number of hydrogen-bond donors (Lipinski definition) is 1. The lowest BCUT2D eigenvalue weighted by Gasteiger charge is -2.25. The van der Waals surface area contributed by atoms with Crippen LogP contribution < -0.4 is 4.74 Å². The van der Waals surface area contributed by atoms with Crippen molar-refractivity contribution in [2.45, 2.75) is 39.0 Å². The first kappa shape index (κ1) is 12.9. The van der Waals surface area contributed by atoms with Gasteiger partial charge in [0.1, 0.15) is 5.75 Å². The molecular weight excluding hydrogens is 258 g/mol. The first-order valence-electron chi connectivity index (χ1n) is 7.08. The molecule has 2 aromatic rings. The largest absolute Gasteiger partial charge is 0.492 e. The topological polar surface area (TPSA) is 25.0 Å². The summed E-state index contributed by atoms with van der Waals surface area (Å²) in [5.74, 6) is 2.02. The average molecular weight is 278 g/mol. The quantitative estimate of drug-likeness (QED) is 0.824. The predicted molar refractivity (Wildman–Crippen MR) is 80.2 cm³/mol. The highest BCUT2D eigenvalue weighted by atomic mass is 35.5. The number of nitrogens with one attached hydrogen (secondary N) is 1. The Balaban J connectivity index is 1.84. The Morgan fingerprint density at radius 1 is 1.32 bits per heavy atom. The molecule has 0 aliphatic heterocycles. The lowest BCUT2D eigenvalue weighted by Crippen LogP contribution is -2.19. The Hall–Kier alpha value is -1.15. The van der Waals surface area contributed by atoms with Crippen LogP contribution in [0.1, 0.15) is 44.7 Å². The van der Waals surface area contributed by atoms with E-state index in [-0.39, 0.29) is 0 Å². The third-order valence-electron chi connectivity index (χ3n) is 4.02. The van der Waals surface area contributed by atoms with Gasteiger partial charge in [-0.2, -0.15) is 0 Å². The molecule has 0 atom stereocenters. The summed E-state index contributed by atoms with van der Waals surface area (Å²) in [7, 11) is 0. The third-order valence-corrected chi connectivity index (χ3v) is 4.31. The van der Waals surface area contributed by atoms with Crippen LogP contribution in [0.25, 0.3) is 10.9 Å². The maximum atomic E-state index is 6.30. The first-order chi connectivity index (χ1) is 9.13. The Morgan fingerprint density at radius 3 is 2.74 bits per heavy atom. The fourth-order valence-corrected chi connectivity index (χ4v) is 2.67. The van der Waals surface area contributed by atoms with Gasteiger partial charge in [0.2, 0.25) is 0 Å². The van der Waals surface area contributed by atoms with Crippen molar-refractivity contribution in [2.24, 2.45) is 5.92 Å². The molecule has 1 heterocycles. The van der Waals surface area contributed by atoms with Gasteiger partial charge in [0.15, 0.2) is 0 Å². The zero-order valence-corrected chi connectivity index (χ0v) is 12.3. The Bertz CT molecular complexity index is 584. The number of hydrogen-bond acceptors (Lipinski definition) is 1. The molecule has 0 amide bonds. The van der Waals surface area contributed by atoms with E-state index in [0.29, 0.717) is 10.9 Å². The van der Waals surface area contributed by atoms with Crippen molar-refractivity contribution in [1.29, 1.82) is 0 Å². The minimum absolute atomic E-state index is 0.491. The molecule has 0 bridgehead atoms. The van der Waals surface area contributed by atoms with E-state index in [1.54, 1.807) is 0 Å². The second-order valence-corrected chi connectivity index (χ2v) is 6.26. The smallest absolute Gasteiger partial charge is 0.140 e. The summed E-state index contributed by atoms with van der Waals surface area (Å²) >= 11 is 6.30. The van der Waals surface area contributed by atoms with E-state index in [9.17, 15) is 0 Å². The van der Waals surface area contributed by atoms with Gasteiger partial charge in [-0.05, 0) is 36.8 Å². The first-order valence-corrected chi connectivity index (χ1v) is 7.46. The Morgan fingerprint density at radius 2 is 2.11 bits per heavy atom. The molecule has 0 spiro atoms. The molecule has 0 saturated heterocycles. The van der Waals surface area contributed by atoms with Gasteiger partial charge in [0.05, 0.1) is 11.6 Å². The number of aromatic amines is 1. The monoisotopic (exact) mass is 277 g/mol. The van der Waals surface area contributed by atoms with Gasteiger partial charge in [-0.15, -0.1) is 0 Å². The van der Waals surface area contributed by atoms with Crippen molar-refractivity contribution in [1.82, 2.24) is 4.98 Å². The summed E-state index contributed by atoms with van der Waals surface area (Å²) in [6.45, 7) is 5.16. The lowest BCUT2D eigenvalue weighted by molar-refractivity contribution is 0.181. The molecule has 0 radical (unpaired) electrons. The van der Waals surface area contributed by atoms with Gasteiger partial charge >= 0.3 is 0 Å². The van der Waals surface area contributed by atoms with E-state index in [2.05, 4.69) is 24.9 Å². The molecule has 102 valence electrons. The van der Waals surface area contributed by atoms with Crippen LogP contribution in [0.5, 0.6) is 5.75 Å². The molecular formula is C16H20ClNO. The highest BCUT2D eigenvalue weighted by molar-refractivity contribution is 6.32. The highest BCUT2D eigenvalue weighted by Crippen LogP contribution is 2.33. The van der Waals surface area contributed by atoms with Crippen molar-refractivity contribution in [3.63, 3.8) is 0 Å². The molecule has 2 nitrogen and oxygen atoms in total. The normalized spacial score (nSPS) is 16.0. The minimum Gasteiger partial charge on any atom is -0.492 e. The van der Waals surface area contributed by atoms with Crippen LogP contribution in [-0.2, 0) is 0 Å². The van der Waals surface area contributed by atoms with E-state index >= 15 is 0 Å². The molecule has 1 fully saturated rings. The van der Waals surface area contributed by atoms with Crippen molar-refractivity contribution in [3.05, 3.63) is 28.9 Å². The number of fused-ring (bicyclic) bond motifs is 1. The zero-order valence-electron chi connectivity index (χ0n) is 11.5. The summed E-state index contributed by atoms with van der Waals surface area (Å²) < 4.78 is 5.87. The highest BCUT2D eigenvalue weighted by Gasteiger charge is 2.18. The van der Waals surface area contributed by atoms with Crippen LogP contribution in [0.2, 0.25) is 5.02 Å². The van der Waals surface area contributed by atoms with Gasteiger partial charge in [-0.1, -0.05) is 31.9 Å². The van der Waals surface area contributed by atoms with E-state index in [1.807, 2.05) is 12.1 Å². The molecule has 3 heteroatoms. The maximum absolute atomic E-state index is 6.30. The standard InChI is InChI=1S/C16H20ClNO/c1-10(2)14-7-12-6-13(17)16(8-15(12)18-14)19-9-11-4-3-5-11/h6-8,10-11,18H,3-5,9H2,1-2H3. The number of benzene rings is 1. The molecule has 0 unspecified atom stereocenters. The van der Waals surface area contributed by atoms with Gasteiger partial charge in [0, 0.05) is 22.7 Å². The van der Waals surface area contributed by atoms with Gasteiger partial charge in [0.25, 0.3) is 0 Å². The number of aromatic nitrogens is 1. The fourth-order valence-electron chi connectivity index (χ4n) is 2.44. The van der Waals surface area contributed by atoms with Crippen molar-refractivity contribution >= 4 is 22.5 Å². The number of H-pyrrole nitrogens is 1. The third kappa shape index (κ3) is 2.59. The Labute approximate surface area is 119 Å². The maximum Gasteiger partial charge on any atom is 0.140 e. The minimum atomic E-state index is 0.491. The van der Waals surface area contributed by atoms with Crippen molar-refractivity contribution in [3.8, 4) is 5.75 Å². The summed E-state index contributed by atoms with van der Waals surface area (Å²) in [5, 5.41) is 1.87. The van der Waals surface area contributed by atoms with Crippen molar-refractivity contribution in [2.75, 3.05) is 6.61 Å². The molecule has 19 heavy (non-hydrogen) atoms. The molecule has 1 aromatic heterocycles. The van der Waals surface area contributed by atoms with Gasteiger partial charge in [-0.3, -0.25) is 0 Å². The molecule has 1 aliphatic carbocycles. The summed E-state index contributed by atoms with van der Waals surface area (Å²) in [4.78, 5) is 3.44. The summed E-state index contributed by atoms with van der Waals surface area (Å²) in [6.07, 6.45) is 3.93. The van der Waals surface area contributed by atoms with E-state index in [1.165, 1.54) is 25.0 Å². The zero-order chi connectivity index (χ0) is 13.4. The van der Waals surface area contributed by atoms with Crippen LogP contribution in [0.3, 0.4) is 0 Å². The number of ether oxygens (including phenoxy) is 1. The average Bonchev–Trinajstić information content (AvgIpc) is 2.70. The molecule has 3 rings (SSSR count). The fraction of sp³-hybridized carbons (Fsp3) is 0.500. The number of halogens is 1. The molecule has 1 aromatic carbocycles. The van der Waals surface area contributed by atoms with Crippen LogP contribution in [0.15, 0.2) is 18.2 Å². The second kappa shape index (κ2) is 5.09. The van der Waals surface area contributed by atoms with Crippen LogP contribution >= 0.6 is 11.6 Å². The SMILES string of the molecule is CC(C)c1cc2cc(Cl)c(OCC3CCC3)cc2[nH]1. The molecule has 1 N–H and O–H groups in total. The predicted octanol–water partition coefficient (Wildman–Crippen LogP) is 5.12. The van der Waals surface area contributed by atoms with Gasteiger partial charge in [-0.25, -0.2) is 0 Å². The van der Waals surface area contributed by atoms with E-state index in [0.717, 1.165) is 29.2 Å². The Kier molecular flexibility index (Phi) is 3.44. The number of rotatable bonds is 4. The second-order valence-electron chi connectivity index (χ2n) is 5.86. The van der Waals surface area contributed by atoms with E-state index in [4.69, 9.17) is 16.3 Å². The summed E-state index contributed by atoms with van der Waals surface area (Å²) in [6, 6.07) is 6.19. The van der Waals surface area contributed by atoms with E-state index < -0.39 is 0 Å². The van der Waals surface area contributed by atoms with Gasteiger partial charge < -0.3 is 9.72 Å². The van der Waals surface area contributed by atoms with Crippen LogP contribution in [-0.4, -0.2) is 11.6 Å². The summed E-state index contributed by atoms with van der Waals surface area (Å²) in [5.41, 5.74) is 2.35. The van der Waals surface area contributed by atoms with Crippen LogP contribution in [0.4, 0.5) is 0 Å². The molecule has 1 aliphatic rings. The van der Waals surface area contributed by atoms with Crippen molar-refractivity contribution < 1.29 is 4.74 Å². The lowest BCUT2D eigenvalue weighted by atomic mass is 9.86. The molecule has 1 saturated carbocycles. The van der Waals surface area contributed by atoms with Crippen LogP contribution in [0, 0.1) is 5.92 Å².